The van der Waals surface area contributed by atoms with Gasteiger partial charge in [0.2, 0.25) is 15.9 Å². The van der Waals surface area contributed by atoms with Crippen molar-refractivity contribution in [3.8, 4) is 0 Å². The minimum atomic E-state index is -4.01. The van der Waals surface area contributed by atoms with E-state index >= 15 is 0 Å². The van der Waals surface area contributed by atoms with E-state index in [4.69, 9.17) is 4.74 Å². The van der Waals surface area contributed by atoms with Crippen molar-refractivity contribution >= 4 is 37.5 Å². The third kappa shape index (κ3) is 3.96. The molecule has 0 spiro atoms. The lowest BCUT2D eigenvalue weighted by Gasteiger charge is -2.26. The second kappa shape index (κ2) is 7.79. The van der Waals surface area contributed by atoms with Crippen molar-refractivity contribution in [2.24, 2.45) is 0 Å². The van der Waals surface area contributed by atoms with Gasteiger partial charge in [0.15, 0.2) is 0 Å². The number of carbonyl (C=O) groups is 1. The van der Waals surface area contributed by atoms with Crippen LogP contribution in [0.1, 0.15) is 18.4 Å². The number of ether oxygens (including phenoxy) is 1. The molecule has 154 valence electrons. The minimum Gasteiger partial charge on any atom is -0.379 e. The lowest BCUT2D eigenvalue weighted by atomic mass is 9.95. The zero-order valence-electron chi connectivity index (χ0n) is 15.5. The fraction of sp³-hybridized carbons (Fsp3) is 0.350. The van der Waals surface area contributed by atoms with Crippen molar-refractivity contribution in [1.29, 1.82) is 0 Å². The van der Waals surface area contributed by atoms with Gasteiger partial charge >= 0.3 is 0 Å². The highest BCUT2D eigenvalue weighted by atomic mass is 79.9. The van der Waals surface area contributed by atoms with Gasteiger partial charge in [0, 0.05) is 23.2 Å². The number of nitrogens with zero attached hydrogens (tertiary/aromatic N) is 1. The maximum Gasteiger partial charge on any atom is 0.246 e. The Bertz CT molecular complexity index is 1050. The SMILES string of the molecule is O=C(Nc1ccc(F)c(S(=O)(=O)N2CCOCC2)c1)C1(c2cccc(Br)c2)CC1. The average molecular weight is 483 g/mol. The van der Waals surface area contributed by atoms with Crippen molar-refractivity contribution in [2.75, 3.05) is 31.6 Å². The Morgan fingerprint density at radius 2 is 1.86 bits per heavy atom. The molecule has 2 aromatic rings. The molecule has 1 N–H and O–H groups in total. The van der Waals surface area contributed by atoms with Crippen molar-refractivity contribution in [3.63, 3.8) is 0 Å². The van der Waals surface area contributed by atoms with Crippen LogP contribution in [-0.4, -0.2) is 44.9 Å². The first-order chi connectivity index (χ1) is 13.8. The Morgan fingerprint density at radius 3 is 2.52 bits per heavy atom. The van der Waals surface area contributed by atoms with E-state index in [0.717, 1.165) is 16.1 Å². The summed E-state index contributed by atoms with van der Waals surface area (Å²) in [7, 11) is -4.01. The molecule has 0 radical (unpaired) electrons. The molecule has 1 saturated carbocycles. The number of hydrogen-bond acceptors (Lipinski definition) is 4. The van der Waals surface area contributed by atoms with Crippen LogP contribution in [0.4, 0.5) is 10.1 Å². The molecule has 1 saturated heterocycles. The monoisotopic (exact) mass is 482 g/mol. The van der Waals surface area contributed by atoms with Gasteiger partial charge in [-0.3, -0.25) is 4.79 Å². The normalized spacial score (nSPS) is 19.0. The van der Waals surface area contributed by atoms with E-state index in [0.29, 0.717) is 12.8 Å². The molecule has 1 amide bonds. The van der Waals surface area contributed by atoms with Crippen LogP contribution >= 0.6 is 15.9 Å². The highest BCUT2D eigenvalue weighted by molar-refractivity contribution is 9.10. The van der Waals surface area contributed by atoms with Crippen LogP contribution in [0.2, 0.25) is 0 Å². The Balaban J connectivity index is 1.59. The van der Waals surface area contributed by atoms with Gasteiger partial charge in [-0.1, -0.05) is 28.1 Å². The molecular formula is C20H20BrFN2O4S. The largest absolute Gasteiger partial charge is 0.379 e. The third-order valence-electron chi connectivity index (χ3n) is 5.34. The summed E-state index contributed by atoms with van der Waals surface area (Å²) >= 11 is 3.42. The van der Waals surface area contributed by atoms with Gasteiger partial charge in [0.1, 0.15) is 10.7 Å². The summed E-state index contributed by atoms with van der Waals surface area (Å²) in [4.78, 5) is 12.5. The van der Waals surface area contributed by atoms with Crippen molar-refractivity contribution in [1.82, 2.24) is 4.31 Å². The van der Waals surface area contributed by atoms with E-state index in [1.54, 1.807) is 0 Å². The first-order valence-electron chi connectivity index (χ1n) is 9.28. The first-order valence-corrected chi connectivity index (χ1v) is 11.5. The third-order valence-corrected chi connectivity index (χ3v) is 7.75. The molecule has 0 bridgehead atoms. The number of anilines is 1. The second-order valence-electron chi connectivity index (χ2n) is 7.21. The summed E-state index contributed by atoms with van der Waals surface area (Å²) in [5.41, 5.74) is 0.513. The summed E-state index contributed by atoms with van der Waals surface area (Å²) in [6, 6.07) is 11.2. The summed E-state index contributed by atoms with van der Waals surface area (Å²) in [6.45, 7) is 0.883. The molecule has 0 aromatic heterocycles. The van der Waals surface area contributed by atoms with Gasteiger partial charge in [-0.2, -0.15) is 4.31 Å². The number of nitrogens with one attached hydrogen (secondary N) is 1. The second-order valence-corrected chi connectivity index (χ2v) is 10.0. The lowest BCUT2D eigenvalue weighted by molar-refractivity contribution is -0.118. The summed E-state index contributed by atoms with van der Waals surface area (Å²) in [6.07, 6.45) is 1.41. The fourth-order valence-electron chi connectivity index (χ4n) is 3.51. The van der Waals surface area contributed by atoms with E-state index in [-0.39, 0.29) is 37.9 Å². The molecule has 29 heavy (non-hydrogen) atoms. The number of hydrogen-bond donors (Lipinski definition) is 1. The van der Waals surface area contributed by atoms with E-state index in [9.17, 15) is 17.6 Å². The standard InChI is InChI=1S/C20H20BrFN2O4S/c21-15-3-1-2-14(12-15)20(6-7-20)19(25)23-16-4-5-17(22)18(13-16)29(26,27)24-8-10-28-11-9-24/h1-5,12-13H,6-11H2,(H,23,25). The molecule has 1 aliphatic carbocycles. The van der Waals surface area contributed by atoms with Gasteiger partial charge in [0.05, 0.1) is 18.6 Å². The summed E-state index contributed by atoms with van der Waals surface area (Å²) in [5, 5.41) is 2.78. The predicted molar refractivity (Wildman–Crippen MR) is 110 cm³/mol. The predicted octanol–water partition coefficient (Wildman–Crippen LogP) is 3.28. The van der Waals surface area contributed by atoms with Crippen molar-refractivity contribution in [3.05, 3.63) is 58.3 Å². The highest BCUT2D eigenvalue weighted by Gasteiger charge is 2.51. The zero-order valence-corrected chi connectivity index (χ0v) is 17.9. The quantitative estimate of drug-likeness (QED) is 0.709. The Morgan fingerprint density at radius 1 is 1.14 bits per heavy atom. The Kier molecular flexibility index (Phi) is 5.50. The average Bonchev–Trinajstić information content (AvgIpc) is 3.52. The smallest absolute Gasteiger partial charge is 0.246 e. The van der Waals surface area contributed by atoms with Crippen LogP contribution in [0.5, 0.6) is 0 Å². The number of amides is 1. The van der Waals surface area contributed by atoms with Crippen molar-refractivity contribution < 1.29 is 22.3 Å². The molecule has 4 rings (SSSR count). The fourth-order valence-corrected chi connectivity index (χ4v) is 5.41. The van der Waals surface area contributed by atoms with E-state index in [2.05, 4.69) is 21.2 Å². The van der Waals surface area contributed by atoms with Crippen LogP contribution < -0.4 is 5.32 Å². The minimum absolute atomic E-state index is 0.171. The molecular weight excluding hydrogens is 463 g/mol. The summed E-state index contributed by atoms with van der Waals surface area (Å²) in [5.74, 6) is -1.07. The molecule has 2 aromatic carbocycles. The van der Waals surface area contributed by atoms with Gasteiger partial charge in [0.25, 0.3) is 0 Å². The maximum absolute atomic E-state index is 14.4. The Hall–Kier alpha value is -1.81. The highest BCUT2D eigenvalue weighted by Crippen LogP contribution is 2.49. The van der Waals surface area contributed by atoms with Crippen LogP contribution in [0.15, 0.2) is 51.8 Å². The van der Waals surface area contributed by atoms with Crippen molar-refractivity contribution in [2.45, 2.75) is 23.2 Å². The van der Waals surface area contributed by atoms with E-state index in [1.165, 1.54) is 16.4 Å². The zero-order chi connectivity index (χ0) is 20.6. The van der Waals surface area contributed by atoms with E-state index in [1.807, 2.05) is 24.3 Å². The number of benzene rings is 2. The van der Waals surface area contributed by atoms with Crippen LogP contribution in [0.3, 0.4) is 0 Å². The molecule has 0 atom stereocenters. The molecule has 1 heterocycles. The van der Waals surface area contributed by atoms with Gasteiger partial charge in [-0.25, -0.2) is 12.8 Å². The van der Waals surface area contributed by atoms with Gasteiger partial charge in [-0.15, -0.1) is 0 Å². The van der Waals surface area contributed by atoms with Crippen LogP contribution in [0, 0.1) is 5.82 Å². The number of carbonyl (C=O) groups excluding carboxylic acids is 1. The molecule has 1 aliphatic heterocycles. The molecule has 6 nitrogen and oxygen atoms in total. The maximum atomic E-state index is 14.4. The lowest BCUT2D eigenvalue weighted by Crippen LogP contribution is -2.41. The molecule has 2 fully saturated rings. The van der Waals surface area contributed by atoms with Gasteiger partial charge < -0.3 is 10.1 Å². The van der Waals surface area contributed by atoms with Gasteiger partial charge in [-0.05, 0) is 48.7 Å². The number of rotatable bonds is 5. The van der Waals surface area contributed by atoms with Crippen LogP contribution in [-0.2, 0) is 25.0 Å². The molecule has 0 unspecified atom stereocenters. The Labute approximate surface area is 177 Å². The number of morpholine rings is 1. The first kappa shape index (κ1) is 20.5. The molecule has 9 heteroatoms. The van der Waals surface area contributed by atoms with E-state index < -0.39 is 26.2 Å². The summed E-state index contributed by atoms with van der Waals surface area (Å²) < 4.78 is 47.3. The molecule has 2 aliphatic rings. The topological polar surface area (TPSA) is 75.7 Å². The van der Waals surface area contributed by atoms with Crippen LogP contribution in [0.25, 0.3) is 0 Å². The number of sulfonamides is 1. The number of halogens is 2.